The molecule has 2 saturated carbocycles. The Bertz CT molecular complexity index is 1280. The van der Waals surface area contributed by atoms with E-state index in [1.807, 2.05) is 20.8 Å². The minimum Gasteiger partial charge on any atom is -0.461 e. The molecule has 0 aromatic rings. The fourth-order valence-corrected chi connectivity index (χ4v) is 6.68. The first-order valence-electron chi connectivity index (χ1n) is 18.7. The van der Waals surface area contributed by atoms with Crippen LogP contribution in [0.15, 0.2) is 0 Å². The molecule has 1 aliphatic heterocycles. The van der Waals surface area contributed by atoms with Crippen LogP contribution in [0.3, 0.4) is 0 Å². The molecule has 0 bridgehead atoms. The molecule has 3 rings (SSSR count). The van der Waals surface area contributed by atoms with Gasteiger partial charge in [-0.3, -0.25) is 24.0 Å². The number of nitrogens with zero attached hydrogens (tertiary/aromatic N) is 1. The molecule has 1 saturated heterocycles. The number of carbonyl (C=O) groups is 7. The maximum Gasteiger partial charge on any atom is 0.329 e. The Hall–Kier alpha value is -3.71. The van der Waals surface area contributed by atoms with Crippen molar-refractivity contribution in [2.75, 3.05) is 13.1 Å². The third-order valence-corrected chi connectivity index (χ3v) is 9.40. The molecule has 0 radical (unpaired) electrons. The third kappa shape index (κ3) is 13.4. The number of hydrogen-bond acceptors (Lipinski definition) is 9. The van der Waals surface area contributed by atoms with Crippen molar-refractivity contribution in [1.82, 2.24) is 26.2 Å². The van der Waals surface area contributed by atoms with Gasteiger partial charge in [-0.05, 0) is 84.0 Å². The number of urea groups is 1. The van der Waals surface area contributed by atoms with Gasteiger partial charge < -0.3 is 35.6 Å². The van der Waals surface area contributed by atoms with E-state index in [9.17, 15) is 33.6 Å². The van der Waals surface area contributed by atoms with Crippen LogP contribution in [0.5, 0.6) is 0 Å². The lowest BCUT2D eigenvalue weighted by atomic mass is 9.83. The van der Waals surface area contributed by atoms with E-state index < -0.39 is 76.7 Å². The number of ketones is 1. The van der Waals surface area contributed by atoms with Gasteiger partial charge in [0.05, 0.1) is 18.6 Å². The van der Waals surface area contributed by atoms with Crippen molar-refractivity contribution in [3.63, 3.8) is 0 Å². The second kappa shape index (κ2) is 18.2. The minimum atomic E-state index is -1.08. The van der Waals surface area contributed by atoms with Crippen molar-refractivity contribution in [2.45, 2.75) is 162 Å². The number of hydrogen-bond donors (Lipinski definition) is 4. The Kier molecular flexibility index (Phi) is 14.9. The van der Waals surface area contributed by atoms with Crippen LogP contribution in [-0.4, -0.2) is 95.3 Å². The summed E-state index contributed by atoms with van der Waals surface area (Å²) < 4.78 is 10.6. The monoisotopic (exact) mass is 719 g/mol. The fourth-order valence-electron chi connectivity index (χ4n) is 6.68. The van der Waals surface area contributed by atoms with Crippen LogP contribution in [0.25, 0.3) is 0 Å². The number of amides is 5. The zero-order valence-corrected chi connectivity index (χ0v) is 31.9. The first kappa shape index (κ1) is 41.7. The maximum atomic E-state index is 14.3. The van der Waals surface area contributed by atoms with Gasteiger partial charge in [0.2, 0.25) is 17.6 Å². The second-order valence-corrected chi connectivity index (χ2v) is 16.7. The molecule has 4 unspecified atom stereocenters. The average molecular weight is 720 g/mol. The predicted octanol–water partition coefficient (Wildman–Crippen LogP) is 3.29. The number of carbonyl (C=O) groups excluding carboxylic acids is 7. The van der Waals surface area contributed by atoms with Gasteiger partial charge in [0.1, 0.15) is 23.7 Å². The van der Waals surface area contributed by atoms with Crippen LogP contribution >= 0.6 is 0 Å². The summed E-state index contributed by atoms with van der Waals surface area (Å²) in [5, 5.41) is 10.8. The molecular weight excluding hydrogens is 658 g/mol. The normalized spacial score (nSPS) is 20.1. The van der Waals surface area contributed by atoms with Crippen LogP contribution in [0, 0.1) is 17.3 Å². The summed E-state index contributed by atoms with van der Waals surface area (Å²) >= 11 is 0. The standard InChI is InChI=1S/C37H61N5O9/c1-22(2)50-34(48)30(36(3,4)5)41-35(49)40-28(24-13-10-9-11-14-24)33(47)42-20-12-15-26(42)31(45)39-25(21-23-16-17-23)29(44)32(46)38-19-18-27(43)51-37(6,7)8/h22-26,28,30H,9-21H2,1-8H3,(H,38,46)(H,39,45)(H2,40,41,49). The number of esters is 2. The number of rotatable bonds is 15. The Morgan fingerprint density at radius 3 is 2.02 bits per heavy atom. The van der Waals surface area contributed by atoms with Gasteiger partial charge in [-0.15, -0.1) is 0 Å². The molecule has 14 nitrogen and oxygen atoms in total. The van der Waals surface area contributed by atoms with Crippen LogP contribution in [0.4, 0.5) is 4.79 Å². The van der Waals surface area contributed by atoms with Crippen molar-refractivity contribution >= 4 is 41.5 Å². The lowest BCUT2D eigenvalue weighted by molar-refractivity contribution is -0.155. The Morgan fingerprint density at radius 1 is 0.804 bits per heavy atom. The molecule has 3 fully saturated rings. The van der Waals surface area contributed by atoms with Crippen LogP contribution in [0.2, 0.25) is 0 Å². The van der Waals surface area contributed by atoms with Crippen molar-refractivity contribution in [2.24, 2.45) is 17.3 Å². The van der Waals surface area contributed by atoms with Gasteiger partial charge in [-0.2, -0.15) is 0 Å². The third-order valence-electron chi connectivity index (χ3n) is 9.40. The Balaban J connectivity index is 1.71. The smallest absolute Gasteiger partial charge is 0.329 e. The van der Waals surface area contributed by atoms with Gasteiger partial charge in [-0.25, -0.2) is 9.59 Å². The molecule has 3 aliphatic rings. The molecule has 5 amide bonds. The van der Waals surface area contributed by atoms with E-state index >= 15 is 0 Å². The molecule has 1 heterocycles. The highest BCUT2D eigenvalue weighted by molar-refractivity contribution is 6.38. The van der Waals surface area contributed by atoms with Crippen molar-refractivity contribution in [3.8, 4) is 0 Å². The van der Waals surface area contributed by atoms with Gasteiger partial charge in [0.15, 0.2) is 0 Å². The quantitative estimate of drug-likeness (QED) is 0.145. The van der Waals surface area contributed by atoms with Crippen LogP contribution in [-0.2, 0) is 38.2 Å². The average Bonchev–Trinajstić information content (AvgIpc) is 3.70. The highest BCUT2D eigenvalue weighted by Gasteiger charge is 2.43. The summed E-state index contributed by atoms with van der Waals surface area (Å²) in [6.45, 7) is 14.3. The first-order chi connectivity index (χ1) is 23.8. The zero-order valence-electron chi connectivity index (χ0n) is 31.9. The van der Waals surface area contributed by atoms with Crippen LogP contribution in [0.1, 0.15) is 126 Å². The van der Waals surface area contributed by atoms with Crippen molar-refractivity contribution in [1.29, 1.82) is 0 Å². The molecular formula is C37H61N5O9. The number of ether oxygens (including phenoxy) is 2. The molecule has 288 valence electrons. The molecule has 51 heavy (non-hydrogen) atoms. The van der Waals surface area contributed by atoms with E-state index in [1.54, 1.807) is 34.6 Å². The number of nitrogens with one attached hydrogen (secondary N) is 4. The number of Topliss-reactive ketones (excluding diaryl/α,β-unsaturated/α-hetero) is 1. The van der Waals surface area contributed by atoms with E-state index in [2.05, 4.69) is 21.3 Å². The van der Waals surface area contributed by atoms with E-state index in [1.165, 1.54) is 4.90 Å². The summed E-state index contributed by atoms with van der Waals surface area (Å²) in [7, 11) is 0. The second-order valence-electron chi connectivity index (χ2n) is 16.7. The molecule has 0 spiro atoms. The van der Waals surface area contributed by atoms with Gasteiger partial charge in [-0.1, -0.05) is 52.9 Å². The highest BCUT2D eigenvalue weighted by atomic mass is 16.6. The van der Waals surface area contributed by atoms with Gasteiger partial charge in [0.25, 0.3) is 5.91 Å². The lowest BCUT2D eigenvalue weighted by Crippen LogP contribution is -2.60. The molecule has 2 aliphatic carbocycles. The van der Waals surface area contributed by atoms with E-state index in [0.717, 1.165) is 44.9 Å². The summed E-state index contributed by atoms with van der Waals surface area (Å²) in [5.41, 5.74) is -1.35. The molecule has 4 N–H and O–H groups in total. The first-order valence-corrected chi connectivity index (χ1v) is 18.7. The largest absolute Gasteiger partial charge is 0.461 e. The summed E-state index contributed by atoms with van der Waals surface area (Å²) in [6, 6.07) is -4.54. The van der Waals surface area contributed by atoms with E-state index in [-0.39, 0.29) is 30.9 Å². The van der Waals surface area contributed by atoms with Crippen molar-refractivity contribution in [3.05, 3.63) is 0 Å². The molecule has 0 aromatic heterocycles. The Morgan fingerprint density at radius 2 is 1.45 bits per heavy atom. The lowest BCUT2D eigenvalue weighted by Gasteiger charge is -2.36. The topological polar surface area (TPSA) is 189 Å². The maximum absolute atomic E-state index is 14.3. The predicted molar refractivity (Wildman–Crippen MR) is 189 cm³/mol. The fraction of sp³-hybridized carbons (Fsp3) is 0.811. The van der Waals surface area contributed by atoms with Gasteiger partial charge in [0, 0.05) is 13.1 Å². The highest BCUT2D eigenvalue weighted by Crippen LogP contribution is 2.34. The Labute approximate surface area is 302 Å². The summed E-state index contributed by atoms with van der Waals surface area (Å²) in [4.78, 5) is 94.0. The molecule has 4 atom stereocenters. The van der Waals surface area contributed by atoms with E-state index in [4.69, 9.17) is 9.47 Å². The number of likely N-dealkylation sites (tertiary alicyclic amines) is 1. The SMILES string of the molecule is CC(C)OC(=O)C(NC(=O)NC(C(=O)N1CCCC1C(=O)NC(CC1CC1)C(=O)C(=O)NCCC(=O)OC(C)(C)C)C1CCCCC1)C(C)(C)C. The van der Waals surface area contributed by atoms with Gasteiger partial charge >= 0.3 is 18.0 Å². The van der Waals surface area contributed by atoms with E-state index in [0.29, 0.717) is 25.8 Å². The summed E-state index contributed by atoms with van der Waals surface area (Å²) in [5.74, 6) is -3.68. The van der Waals surface area contributed by atoms with Crippen molar-refractivity contribution < 1.29 is 43.0 Å². The zero-order chi connectivity index (χ0) is 38.1. The molecule has 0 aromatic carbocycles. The van der Waals surface area contributed by atoms with Crippen LogP contribution < -0.4 is 21.3 Å². The summed E-state index contributed by atoms with van der Waals surface area (Å²) in [6.07, 6.45) is 6.76. The molecule has 14 heteroatoms. The minimum absolute atomic E-state index is 0.0902.